The Hall–Kier alpha value is -3.42. The average molecular weight is 487 g/mol. The molecule has 1 amide bonds. The van der Waals surface area contributed by atoms with Crippen molar-refractivity contribution in [3.05, 3.63) is 99.1 Å². The highest BCUT2D eigenvalue weighted by molar-refractivity contribution is 6.46. The Morgan fingerprint density at radius 1 is 1.12 bits per heavy atom. The number of aliphatic hydroxyl groups is 1. The van der Waals surface area contributed by atoms with E-state index < -0.39 is 29.3 Å². The Balaban J connectivity index is 1.91. The van der Waals surface area contributed by atoms with E-state index in [4.69, 9.17) is 27.9 Å². The van der Waals surface area contributed by atoms with Crippen molar-refractivity contribution >= 4 is 40.7 Å². The largest absolute Gasteiger partial charge is 0.507 e. The topological polar surface area (TPSA) is 79.7 Å². The standard InChI is InChI=1S/C24H17Cl2FN2O4/c1-33-23-16(25)10-14(11-17(23)26)21(30)19-20(15-4-2-3-5-18(15)27)29(24(32)22(19)31)12-13-6-8-28-9-7-13/h2-11,20,30H,12H2,1H3/b21-19+. The van der Waals surface area contributed by atoms with Gasteiger partial charge in [-0.1, -0.05) is 41.4 Å². The molecule has 4 rings (SSSR count). The van der Waals surface area contributed by atoms with Gasteiger partial charge in [-0.05, 0) is 35.9 Å². The summed E-state index contributed by atoms with van der Waals surface area (Å²) in [5.41, 5.74) is 0.576. The van der Waals surface area contributed by atoms with Gasteiger partial charge in [0, 0.05) is 30.1 Å². The van der Waals surface area contributed by atoms with Crippen molar-refractivity contribution < 1.29 is 23.8 Å². The molecule has 0 saturated carbocycles. The fraction of sp³-hybridized carbons (Fsp3) is 0.125. The SMILES string of the molecule is COc1c(Cl)cc(/C(O)=C2\C(=O)C(=O)N(Cc3ccncc3)C2c2ccccc2F)cc1Cl. The van der Waals surface area contributed by atoms with E-state index >= 15 is 0 Å². The molecule has 3 aromatic rings. The number of carbonyl (C=O) groups is 2. The number of ether oxygens (including phenoxy) is 1. The number of hydrogen-bond acceptors (Lipinski definition) is 5. The van der Waals surface area contributed by atoms with E-state index in [1.165, 1.54) is 42.3 Å². The molecule has 1 unspecified atom stereocenters. The van der Waals surface area contributed by atoms with Crippen LogP contribution in [0.4, 0.5) is 4.39 Å². The van der Waals surface area contributed by atoms with Crippen LogP contribution in [-0.4, -0.2) is 33.8 Å². The molecule has 0 aliphatic carbocycles. The van der Waals surface area contributed by atoms with Gasteiger partial charge in [0.2, 0.25) is 0 Å². The zero-order valence-corrected chi connectivity index (χ0v) is 18.8. The number of methoxy groups -OCH3 is 1. The summed E-state index contributed by atoms with van der Waals surface area (Å²) in [6.07, 6.45) is 3.09. The van der Waals surface area contributed by atoms with Crippen LogP contribution in [0.15, 0.2) is 66.5 Å². The number of nitrogens with zero attached hydrogens (tertiary/aromatic N) is 2. The van der Waals surface area contributed by atoms with Crippen molar-refractivity contribution in [2.75, 3.05) is 7.11 Å². The molecule has 1 aliphatic heterocycles. The monoisotopic (exact) mass is 486 g/mol. The van der Waals surface area contributed by atoms with Crippen molar-refractivity contribution in [1.82, 2.24) is 9.88 Å². The molecule has 1 saturated heterocycles. The van der Waals surface area contributed by atoms with Crippen LogP contribution >= 0.6 is 23.2 Å². The van der Waals surface area contributed by atoms with Crippen LogP contribution < -0.4 is 4.74 Å². The molecular formula is C24H17Cl2FN2O4. The van der Waals surface area contributed by atoms with Crippen LogP contribution in [0.2, 0.25) is 10.0 Å². The molecule has 168 valence electrons. The van der Waals surface area contributed by atoms with Gasteiger partial charge in [0.05, 0.1) is 28.8 Å². The second kappa shape index (κ2) is 9.21. The van der Waals surface area contributed by atoms with Gasteiger partial charge in [0.25, 0.3) is 11.7 Å². The van der Waals surface area contributed by atoms with Crippen molar-refractivity contribution in [2.24, 2.45) is 0 Å². The quantitative estimate of drug-likeness (QED) is 0.306. The van der Waals surface area contributed by atoms with Gasteiger partial charge < -0.3 is 14.7 Å². The van der Waals surface area contributed by atoms with E-state index in [2.05, 4.69) is 4.98 Å². The predicted molar refractivity (Wildman–Crippen MR) is 121 cm³/mol. The van der Waals surface area contributed by atoms with Gasteiger partial charge in [0.15, 0.2) is 5.75 Å². The third-order valence-corrected chi connectivity index (χ3v) is 5.88. The van der Waals surface area contributed by atoms with Gasteiger partial charge in [-0.3, -0.25) is 14.6 Å². The number of benzene rings is 2. The Labute approximate surface area is 198 Å². The summed E-state index contributed by atoms with van der Waals surface area (Å²) in [5.74, 6) is -2.77. The van der Waals surface area contributed by atoms with Gasteiger partial charge in [0.1, 0.15) is 11.6 Å². The number of halogens is 3. The number of pyridine rings is 1. The molecule has 0 spiro atoms. The number of carbonyl (C=O) groups excluding carboxylic acids is 2. The highest BCUT2D eigenvalue weighted by Gasteiger charge is 2.47. The highest BCUT2D eigenvalue weighted by atomic mass is 35.5. The maximum absolute atomic E-state index is 14.9. The zero-order chi connectivity index (χ0) is 23.7. The lowest BCUT2D eigenvalue weighted by Crippen LogP contribution is -2.29. The maximum atomic E-state index is 14.9. The number of hydrogen-bond donors (Lipinski definition) is 1. The van der Waals surface area contributed by atoms with Crippen molar-refractivity contribution in [1.29, 1.82) is 0 Å². The summed E-state index contributed by atoms with van der Waals surface area (Å²) in [4.78, 5) is 31.2. The molecule has 2 aromatic carbocycles. The highest BCUT2D eigenvalue weighted by Crippen LogP contribution is 2.43. The van der Waals surface area contributed by atoms with Crippen LogP contribution in [0.1, 0.15) is 22.7 Å². The summed E-state index contributed by atoms with van der Waals surface area (Å²) in [7, 11) is 1.38. The summed E-state index contributed by atoms with van der Waals surface area (Å²) in [6, 6.07) is 10.7. The van der Waals surface area contributed by atoms with E-state index in [1.54, 1.807) is 30.6 Å². The van der Waals surface area contributed by atoms with Gasteiger partial charge >= 0.3 is 0 Å². The molecule has 0 radical (unpaired) electrons. The van der Waals surface area contributed by atoms with E-state index in [1.807, 2.05) is 0 Å². The zero-order valence-electron chi connectivity index (χ0n) is 17.3. The summed E-state index contributed by atoms with van der Waals surface area (Å²) >= 11 is 12.4. The molecule has 2 heterocycles. The van der Waals surface area contributed by atoms with Crippen molar-refractivity contribution in [3.63, 3.8) is 0 Å². The van der Waals surface area contributed by atoms with Crippen LogP contribution in [0.5, 0.6) is 5.75 Å². The molecule has 9 heteroatoms. The van der Waals surface area contributed by atoms with Crippen LogP contribution in [0.3, 0.4) is 0 Å². The Morgan fingerprint density at radius 2 is 1.76 bits per heavy atom. The average Bonchev–Trinajstić information content (AvgIpc) is 3.04. The van der Waals surface area contributed by atoms with Crippen LogP contribution in [0, 0.1) is 5.82 Å². The molecule has 1 N–H and O–H groups in total. The summed E-state index contributed by atoms with van der Waals surface area (Å²) < 4.78 is 20.0. The lowest BCUT2D eigenvalue weighted by molar-refractivity contribution is -0.140. The van der Waals surface area contributed by atoms with Crippen molar-refractivity contribution in [3.8, 4) is 5.75 Å². The normalized spacial score (nSPS) is 17.5. The number of aromatic nitrogens is 1. The Bertz CT molecular complexity index is 1260. The second-order valence-corrected chi connectivity index (χ2v) is 8.09. The third-order valence-electron chi connectivity index (χ3n) is 5.32. The van der Waals surface area contributed by atoms with Crippen molar-refractivity contribution in [2.45, 2.75) is 12.6 Å². The van der Waals surface area contributed by atoms with Gasteiger partial charge in [-0.25, -0.2) is 4.39 Å². The first-order valence-electron chi connectivity index (χ1n) is 9.78. The number of Topliss-reactive ketones (excluding diaryl/α,β-unsaturated/α-hetero) is 1. The fourth-order valence-corrected chi connectivity index (χ4v) is 4.44. The van der Waals surface area contributed by atoms with Gasteiger partial charge in [-0.2, -0.15) is 0 Å². The minimum atomic E-state index is -1.17. The van der Waals surface area contributed by atoms with E-state index in [9.17, 15) is 19.1 Å². The first-order valence-corrected chi connectivity index (χ1v) is 10.5. The number of amides is 1. The lowest BCUT2D eigenvalue weighted by Gasteiger charge is -2.25. The second-order valence-electron chi connectivity index (χ2n) is 7.28. The number of likely N-dealkylation sites (tertiary alicyclic amines) is 1. The first-order chi connectivity index (χ1) is 15.8. The molecule has 33 heavy (non-hydrogen) atoms. The minimum absolute atomic E-state index is 0.00694. The van der Waals surface area contributed by atoms with E-state index in [0.717, 1.165) is 0 Å². The predicted octanol–water partition coefficient (Wildman–Crippen LogP) is 5.16. The third kappa shape index (κ3) is 4.17. The Morgan fingerprint density at radius 3 is 2.36 bits per heavy atom. The minimum Gasteiger partial charge on any atom is -0.507 e. The number of ketones is 1. The molecule has 0 bridgehead atoms. The molecular weight excluding hydrogens is 470 g/mol. The smallest absolute Gasteiger partial charge is 0.295 e. The lowest BCUT2D eigenvalue weighted by atomic mass is 9.94. The number of aliphatic hydroxyl groups excluding tert-OH is 1. The Kier molecular flexibility index (Phi) is 6.35. The fourth-order valence-electron chi connectivity index (χ4n) is 3.80. The molecule has 1 aromatic heterocycles. The molecule has 1 aliphatic rings. The summed E-state index contributed by atoms with van der Waals surface area (Å²) in [5, 5.41) is 11.3. The van der Waals surface area contributed by atoms with E-state index in [0.29, 0.717) is 5.56 Å². The van der Waals surface area contributed by atoms with Crippen LogP contribution in [-0.2, 0) is 16.1 Å². The van der Waals surface area contributed by atoms with Gasteiger partial charge in [-0.15, -0.1) is 0 Å². The maximum Gasteiger partial charge on any atom is 0.295 e. The summed E-state index contributed by atoms with van der Waals surface area (Å²) in [6.45, 7) is 0.00694. The molecule has 1 atom stereocenters. The van der Waals surface area contributed by atoms with Crippen LogP contribution in [0.25, 0.3) is 5.76 Å². The molecule has 1 fully saturated rings. The molecule has 6 nitrogen and oxygen atoms in total. The number of rotatable bonds is 5. The van der Waals surface area contributed by atoms with E-state index in [-0.39, 0.29) is 39.0 Å². The first kappa shape index (κ1) is 22.8.